The summed E-state index contributed by atoms with van der Waals surface area (Å²) in [5, 5.41) is 0. The number of halogens is 2. The van der Waals surface area contributed by atoms with E-state index in [0.29, 0.717) is 0 Å². The van der Waals surface area contributed by atoms with Gasteiger partial charge in [-0.15, -0.1) is 0 Å². The van der Waals surface area contributed by atoms with E-state index in [1.807, 2.05) is 72.8 Å². The Bertz CT molecular complexity index is 773. The fourth-order valence-corrected chi connectivity index (χ4v) is 10.8. The molecule has 0 heterocycles. The van der Waals surface area contributed by atoms with Crippen molar-refractivity contribution in [2.24, 2.45) is 0 Å². The van der Waals surface area contributed by atoms with Crippen LogP contribution in [0.1, 0.15) is 0 Å². The topological polar surface area (TPSA) is 0 Å². The van der Waals surface area contributed by atoms with E-state index < -0.39 is 26.8 Å². The van der Waals surface area contributed by atoms with Crippen molar-refractivity contribution in [1.29, 1.82) is 0 Å². The van der Waals surface area contributed by atoms with Crippen LogP contribution in [0.25, 0.3) is 0 Å². The molecule has 0 aliphatic heterocycles. The summed E-state index contributed by atoms with van der Waals surface area (Å²) >= 11 is -3.45. The van der Waals surface area contributed by atoms with Gasteiger partial charge in [0.05, 0.1) is 0 Å². The zero-order chi connectivity index (χ0) is 19.6. The molecule has 4 aromatic rings. The Labute approximate surface area is 184 Å². The maximum absolute atomic E-state index is 6.50. The van der Waals surface area contributed by atoms with Crippen LogP contribution in [-0.2, 0) is 0 Å². The normalized spacial score (nSPS) is 10.4. The minimum atomic E-state index is -1.73. The van der Waals surface area contributed by atoms with Gasteiger partial charge in [0.25, 0.3) is 0 Å². The molecule has 0 bridgehead atoms. The van der Waals surface area contributed by atoms with Gasteiger partial charge in [0.1, 0.15) is 0 Å². The zero-order valence-corrected chi connectivity index (χ0v) is 21.0. The van der Waals surface area contributed by atoms with Gasteiger partial charge in [-0.2, -0.15) is 0 Å². The molecule has 0 unspecified atom stereocenters. The quantitative estimate of drug-likeness (QED) is 0.354. The van der Waals surface area contributed by atoms with Crippen molar-refractivity contribution in [2.75, 3.05) is 0 Å². The summed E-state index contributed by atoms with van der Waals surface area (Å²) in [6.45, 7) is 0. The number of hydrogen-bond donors (Lipinski definition) is 0. The zero-order valence-electron chi connectivity index (χ0n) is 15.3. The predicted molar refractivity (Wildman–Crippen MR) is 128 cm³/mol. The first-order valence-electron chi connectivity index (χ1n) is 9.02. The van der Waals surface area contributed by atoms with Gasteiger partial charge in [-0.1, -0.05) is 0 Å². The van der Waals surface area contributed by atoms with Gasteiger partial charge >= 0.3 is 186 Å². The molecule has 4 aromatic carbocycles. The van der Waals surface area contributed by atoms with Crippen molar-refractivity contribution in [3.63, 3.8) is 0 Å². The van der Waals surface area contributed by atoms with E-state index in [-0.39, 0.29) is 0 Å². The van der Waals surface area contributed by atoms with Crippen LogP contribution in [-0.4, -0.2) is 26.8 Å². The van der Waals surface area contributed by atoms with Gasteiger partial charge in [-0.3, -0.25) is 0 Å². The first-order chi connectivity index (χ1) is 13.8. The molecule has 0 aliphatic rings. The molecule has 0 nitrogen and oxygen atoms in total. The number of rotatable bonds is 4. The van der Waals surface area contributed by atoms with Crippen molar-refractivity contribution in [3.05, 3.63) is 121 Å². The van der Waals surface area contributed by atoms with Crippen LogP contribution in [0.2, 0.25) is 0 Å². The Morgan fingerprint density at radius 2 is 0.500 bits per heavy atom. The van der Waals surface area contributed by atoms with Gasteiger partial charge in [0, 0.05) is 0 Å². The summed E-state index contributed by atoms with van der Waals surface area (Å²) < 4.78 is 5.22. The van der Waals surface area contributed by atoms with Gasteiger partial charge in [0.2, 0.25) is 0 Å². The molecule has 138 valence electrons. The summed E-state index contributed by atoms with van der Waals surface area (Å²) in [5.41, 5.74) is 0. The van der Waals surface area contributed by atoms with Gasteiger partial charge in [0.15, 0.2) is 0 Å². The fraction of sp³-hybridized carbons (Fsp3) is 0. The molecule has 2 radical (unpaired) electrons. The molecule has 0 amide bonds. The van der Waals surface area contributed by atoms with Crippen molar-refractivity contribution < 1.29 is 0 Å². The van der Waals surface area contributed by atoms with E-state index in [9.17, 15) is 0 Å². The molecule has 4 rings (SSSR count). The minimum absolute atomic E-state index is 1.31. The Morgan fingerprint density at radius 1 is 0.321 bits per heavy atom. The average Bonchev–Trinajstić information content (AvgIpc) is 2.81. The van der Waals surface area contributed by atoms with Gasteiger partial charge in [-0.05, 0) is 0 Å². The van der Waals surface area contributed by atoms with Crippen LogP contribution in [0.3, 0.4) is 0 Å². The first-order valence-corrected chi connectivity index (χ1v) is 18.7. The van der Waals surface area contributed by atoms with E-state index in [1.165, 1.54) is 17.6 Å². The third-order valence-electron chi connectivity index (χ3n) is 4.11. The number of hydrogen-bond acceptors (Lipinski definition) is 0. The Kier molecular flexibility index (Phi) is 8.75. The van der Waals surface area contributed by atoms with Crippen molar-refractivity contribution in [1.82, 2.24) is 0 Å². The monoisotopic (exact) mass is 526 g/mol. The van der Waals surface area contributed by atoms with Gasteiger partial charge < -0.3 is 0 Å². The van der Waals surface area contributed by atoms with Crippen LogP contribution in [0.15, 0.2) is 121 Å². The molecule has 0 N–H and O–H groups in total. The van der Waals surface area contributed by atoms with Crippen LogP contribution in [0, 0.1) is 0 Å². The second kappa shape index (κ2) is 11.5. The summed E-state index contributed by atoms with van der Waals surface area (Å²) in [4.78, 5) is 0. The Hall–Kier alpha value is -1.45. The standard InChI is InChI=1S/2C12H10ClGe/c2*13-14(11-7-3-1-4-8-11)12-9-5-2-6-10-12/h2*1-10H. The van der Waals surface area contributed by atoms with Crippen molar-refractivity contribution in [3.8, 4) is 0 Å². The fourth-order valence-electron chi connectivity index (χ4n) is 2.67. The third kappa shape index (κ3) is 6.28. The van der Waals surface area contributed by atoms with Crippen molar-refractivity contribution >= 4 is 64.4 Å². The molecule has 0 fully saturated rings. The number of benzene rings is 4. The molecule has 0 spiro atoms. The van der Waals surface area contributed by atoms with E-state index in [4.69, 9.17) is 20.0 Å². The molecule has 0 saturated carbocycles. The SMILES string of the molecule is [Cl][Ge]([c]1ccccc1)[c]1ccccc1.[Cl][Ge]([c]1ccccc1)[c]1ccccc1. The first kappa shape index (κ1) is 21.3. The van der Waals surface area contributed by atoms with E-state index in [0.717, 1.165) is 0 Å². The van der Waals surface area contributed by atoms with Crippen LogP contribution < -0.4 is 17.6 Å². The molecule has 4 heteroatoms. The average molecular weight is 525 g/mol. The molecule has 0 aliphatic carbocycles. The summed E-state index contributed by atoms with van der Waals surface area (Å²) in [7, 11) is 13.0. The van der Waals surface area contributed by atoms with Crippen LogP contribution in [0.4, 0.5) is 0 Å². The molecule has 0 atom stereocenters. The Balaban J connectivity index is 0.000000161. The molecule has 0 saturated heterocycles. The molecular weight excluding hydrogens is 504 g/mol. The molecule has 28 heavy (non-hydrogen) atoms. The van der Waals surface area contributed by atoms with Crippen LogP contribution >= 0.6 is 20.0 Å². The van der Waals surface area contributed by atoms with E-state index in [2.05, 4.69) is 48.5 Å². The molecule has 0 aromatic heterocycles. The van der Waals surface area contributed by atoms with Gasteiger partial charge in [-0.25, -0.2) is 0 Å². The summed E-state index contributed by atoms with van der Waals surface area (Å²) in [6, 6.07) is 41.5. The van der Waals surface area contributed by atoms with E-state index >= 15 is 0 Å². The second-order valence-electron chi connectivity index (χ2n) is 6.09. The van der Waals surface area contributed by atoms with Crippen molar-refractivity contribution in [2.45, 2.75) is 0 Å². The molecular formula is C24H20Cl2Ge2. The Morgan fingerprint density at radius 3 is 0.679 bits per heavy atom. The second-order valence-corrected chi connectivity index (χ2v) is 17.5. The van der Waals surface area contributed by atoms with Crippen LogP contribution in [0.5, 0.6) is 0 Å². The van der Waals surface area contributed by atoms with E-state index in [1.54, 1.807) is 0 Å². The third-order valence-corrected chi connectivity index (χ3v) is 15.7. The predicted octanol–water partition coefficient (Wildman–Crippen LogP) is 4.06. The summed E-state index contributed by atoms with van der Waals surface area (Å²) in [6.07, 6.45) is 0. The summed E-state index contributed by atoms with van der Waals surface area (Å²) in [5.74, 6) is 0. The maximum atomic E-state index is 6.50.